The van der Waals surface area contributed by atoms with Gasteiger partial charge in [0.1, 0.15) is 9.71 Å². The lowest BCUT2D eigenvalue weighted by atomic mass is 10.1. The molecule has 0 bridgehead atoms. The zero-order valence-electron chi connectivity index (χ0n) is 16.9. The number of methoxy groups -OCH3 is 2. The van der Waals surface area contributed by atoms with Crippen LogP contribution in [-0.4, -0.2) is 25.1 Å². The van der Waals surface area contributed by atoms with Crippen LogP contribution in [0.5, 0.6) is 11.5 Å². The van der Waals surface area contributed by atoms with Gasteiger partial charge in [-0.05, 0) is 55.0 Å². The molecular weight excluding hydrogens is 398 g/mol. The van der Waals surface area contributed by atoms with Crippen molar-refractivity contribution in [2.75, 3.05) is 25.3 Å². The number of hydrogen-bond donors (Lipinski definition) is 2. The van der Waals surface area contributed by atoms with E-state index < -0.39 is 0 Å². The first-order valence-electron chi connectivity index (χ1n) is 9.29. The summed E-state index contributed by atoms with van der Waals surface area (Å²) in [6.45, 7) is 1.98. The minimum atomic E-state index is -0.242. The molecule has 0 saturated heterocycles. The number of rotatable bonds is 5. The third kappa shape index (κ3) is 3.67. The van der Waals surface area contributed by atoms with E-state index in [1.54, 1.807) is 14.2 Å². The summed E-state index contributed by atoms with van der Waals surface area (Å²) in [5.74, 6) is 1.03. The van der Waals surface area contributed by atoms with E-state index in [4.69, 9.17) is 20.2 Å². The van der Waals surface area contributed by atoms with Gasteiger partial charge in [0.2, 0.25) is 0 Å². The van der Waals surface area contributed by atoms with E-state index in [2.05, 4.69) is 5.32 Å². The fraction of sp³-hybridized carbons (Fsp3) is 0.130. The molecule has 30 heavy (non-hydrogen) atoms. The molecule has 152 valence electrons. The SMILES string of the molecule is COc1ccc(-c2ccc3c(N)c(C(=O)Nc4cccc(C)c4)sc3n2)cc1OC. The van der Waals surface area contributed by atoms with Gasteiger partial charge in [0, 0.05) is 16.6 Å². The van der Waals surface area contributed by atoms with Gasteiger partial charge in [-0.2, -0.15) is 0 Å². The van der Waals surface area contributed by atoms with Gasteiger partial charge in [-0.15, -0.1) is 11.3 Å². The predicted molar refractivity (Wildman–Crippen MR) is 122 cm³/mol. The zero-order valence-corrected chi connectivity index (χ0v) is 17.7. The van der Waals surface area contributed by atoms with Gasteiger partial charge < -0.3 is 20.5 Å². The summed E-state index contributed by atoms with van der Waals surface area (Å²) >= 11 is 1.28. The number of nitrogens with one attached hydrogen (secondary N) is 1. The van der Waals surface area contributed by atoms with Crippen LogP contribution in [0.4, 0.5) is 11.4 Å². The van der Waals surface area contributed by atoms with Gasteiger partial charge in [-0.3, -0.25) is 4.79 Å². The number of aryl methyl sites for hydroxylation is 1. The summed E-state index contributed by atoms with van der Waals surface area (Å²) in [5, 5.41) is 3.67. The molecule has 1 amide bonds. The Morgan fingerprint density at radius 3 is 2.57 bits per heavy atom. The molecule has 7 heteroatoms. The highest BCUT2D eigenvalue weighted by atomic mass is 32.1. The number of thiophene rings is 1. The fourth-order valence-corrected chi connectivity index (χ4v) is 4.22. The fourth-order valence-electron chi connectivity index (χ4n) is 3.23. The third-order valence-corrected chi connectivity index (χ3v) is 5.87. The molecule has 0 fully saturated rings. The second kappa shape index (κ2) is 8.04. The average Bonchev–Trinajstić information content (AvgIpc) is 3.09. The van der Waals surface area contributed by atoms with Crippen LogP contribution in [0.3, 0.4) is 0 Å². The Hall–Kier alpha value is -3.58. The number of nitrogens with zero attached hydrogens (tertiary/aromatic N) is 1. The van der Waals surface area contributed by atoms with Crippen LogP contribution in [0, 0.1) is 6.92 Å². The van der Waals surface area contributed by atoms with Crippen LogP contribution in [0.1, 0.15) is 15.2 Å². The van der Waals surface area contributed by atoms with Gasteiger partial charge in [0.25, 0.3) is 5.91 Å². The summed E-state index contributed by atoms with van der Waals surface area (Å²) in [7, 11) is 3.19. The monoisotopic (exact) mass is 419 g/mol. The lowest BCUT2D eigenvalue weighted by Gasteiger charge is -2.09. The lowest BCUT2D eigenvalue weighted by Crippen LogP contribution is -2.11. The van der Waals surface area contributed by atoms with Crippen molar-refractivity contribution in [3.8, 4) is 22.8 Å². The second-order valence-electron chi connectivity index (χ2n) is 6.79. The van der Waals surface area contributed by atoms with E-state index in [0.717, 1.165) is 27.9 Å². The van der Waals surface area contributed by atoms with Crippen molar-refractivity contribution in [3.63, 3.8) is 0 Å². The quantitative estimate of drug-likeness (QED) is 0.469. The van der Waals surface area contributed by atoms with Crippen molar-refractivity contribution in [2.24, 2.45) is 0 Å². The standard InChI is InChI=1S/C23H21N3O3S/c1-13-5-4-6-15(11-13)25-22(27)21-20(24)16-8-9-17(26-23(16)30-21)14-7-10-18(28-2)19(12-14)29-3/h4-12H,24H2,1-3H3,(H,25,27). The van der Waals surface area contributed by atoms with Crippen LogP contribution in [0.15, 0.2) is 54.6 Å². The first-order valence-corrected chi connectivity index (χ1v) is 10.1. The van der Waals surface area contributed by atoms with Crippen molar-refractivity contribution in [1.29, 1.82) is 0 Å². The van der Waals surface area contributed by atoms with Crippen LogP contribution in [0.2, 0.25) is 0 Å². The number of ether oxygens (including phenoxy) is 2. The Morgan fingerprint density at radius 1 is 1.03 bits per heavy atom. The molecule has 0 radical (unpaired) electrons. The normalized spacial score (nSPS) is 10.8. The summed E-state index contributed by atoms with van der Waals surface area (Å²) in [6, 6.07) is 17.0. The molecule has 0 saturated carbocycles. The molecule has 0 unspecified atom stereocenters. The van der Waals surface area contributed by atoms with Crippen molar-refractivity contribution in [1.82, 2.24) is 4.98 Å². The van der Waals surface area contributed by atoms with Gasteiger partial charge in [0.05, 0.1) is 25.6 Å². The molecule has 2 aromatic carbocycles. The number of carbonyl (C=O) groups is 1. The molecule has 6 nitrogen and oxygen atoms in total. The van der Waals surface area contributed by atoms with Crippen LogP contribution in [-0.2, 0) is 0 Å². The number of pyridine rings is 1. The second-order valence-corrected chi connectivity index (χ2v) is 7.79. The minimum absolute atomic E-state index is 0.242. The molecule has 0 atom stereocenters. The van der Waals surface area contributed by atoms with Crippen LogP contribution >= 0.6 is 11.3 Å². The maximum absolute atomic E-state index is 12.8. The third-order valence-electron chi connectivity index (χ3n) is 4.76. The van der Waals surface area contributed by atoms with E-state index in [0.29, 0.717) is 26.9 Å². The van der Waals surface area contributed by atoms with Crippen molar-refractivity contribution in [2.45, 2.75) is 6.92 Å². The summed E-state index contributed by atoms with van der Waals surface area (Å²) < 4.78 is 10.7. The Labute approximate surface area is 178 Å². The highest BCUT2D eigenvalue weighted by molar-refractivity contribution is 7.21. The molecular formula is C23H21N3O3S. The first-order chi connectivity index (χ1) is 14.5. The van der Waals surface area contributed by atoms with Crippen molar-refractivity contribution in [3.05, 3.63) is 65.0 Å². The molecule has 2 heterocycles. The largest absolute Gasteiger partial charge is 0.493 e. The number of anilines is 2. The van der Waals surface area contributed by atoms with E-state index in [9.17, 15) is 4.79 Å². The van der Waals surface area contributed by atoms with E-state index >= 15 is 0 Å². The molecule has 4 rings (SSSR count). The number of hydrogen-bond acceptors (Lipinski definition) is 6. The van der Waals surface area contributed by atoms with Gasteiger partial charge in [-0.1, -0.05) is 12.1 Å². The highest BCUT2D eigenvalue weighted by Crippen LogP contribution is 2.36. The maximum atomic E-state index is 12.8. The van der Waals surface area contributed by atoms with Gasteiger partial charge in [0.15, 0.2) is 11.5 Å². The summed E-state index contributed by atoms with van der Waals surface area (Å²) in [5.41, 5.74) is 10.1. The number of carbonyl (C=O) groups excluding carboxylic acids is 1. The molecule has 2 aromatic heterocycles. The van der Waals surface area contributed by atoms with Crippen LogP contribution < -0.4 is 20.5 Å². The van der Waals surface area contributed by atoms with E-state index in [1.165, 1.54) is 11.3 Å². The van der Waals surface area contributed by atoms with Crippen molar-refractivity contribution >= 4 is 38.8 Å². The van der Waals surface area contributed by atoms with Gasteiger partial charge >= 0.3 is 0 Å². The smallest absolute Gasteiger partial charge is 0.267 e. The lowest BCUT2D eigenvalue weighted by molar-refractivity contribution is 0.103. The average molecular weight is 420 g/mol. The number of aromatic nitrogens is 1. The predicted octanol–water partition coefficient (Wildman–Crippen LogP) is 5.12. The summed E-state index contributed by atoms with van der Waals surface area (Å²) in [4.78, 5) is 18.7. The Kier molecular flexibility index (Phi) is 5.29. The first kappa shape index (κ1) is 19.7. The number of fused-ring (bicyclic) bond motifs is 1. The summed E-state index contributed by atoms with van der Waals surface area (Å²) in [6.07, 6.45) is 0. The number of amides is 1. The number of benzene rings is 2. The van der Waals surface area contributed by atoms with E-state index in [1.807, 2.05) is 61.5 Å². The Bertz CT molecular complexity index is 1250. The molecule has 3 N–H and O–H groups in total. The minimum Gasteiger partial charge on any atom is -0.493 e. The topological polar surface area (TPSA) is 86.5 Å². The number of nitrogens with two attached hydrogens (primary N) is 1. The van der Waals surface area contributed by atoms with Gasteiger partial charge in [-0.25, -0.2) is 4.98 Å². The highest BCUT2D eigenvalue weighted by Gasteiger charge is 2.18. The van der Waals surface area contributed by atoms with Crippen molar-refractivity contribution < 1.29 is 14.3 Å². The Morgan fingerprint density at radius 2 is 1.83 bits per heavy atom. The molecule has 0 aliphatic rings. The number of nitrogen functional groups attached to an aromatic ring is 1. The van der Waals surface area contributed by atoms with Crippen LogP contribution in [0.25, 0.3) is 21.5 Å². The molecule has 0 spiro atoms. The molecule has 0 aliphatic heterocycles. The molecule has 0 aliphatic carbocycles. The molecule has 4 aromatic rings. The maximum Gasteiger partial charge on any atom is 0.267 e. The zero-order chi connectivity index (χ0) is 21.3. The Balaban J connectivity index is 1.68. The van der Waals surface area contributed by atoms with E-state index in [-0.39, 0.29) is 5.91 Å².